The lowest BCUT2D eigenvalue weighted by molar-refractivity contribution is 0.216. The molecule has 1 saturated carbocycles. The summed E-state index contributed by atoms with van der Waals surface area (Å²) < 4.78 is 5.81. The van der Waals surface area contributed by atoms with E-state index >= 15 is 0 Å². The molecule has 8 heteroatoms. The normalized spacial score (nSPS) is 13.4. The minimum Gasteiger partial charge on any atom is -0.472 e. The lowest BCUT2D eigenvalue weighted by Gasteiger charge is -2.24. The number of urea groups is 1. The predicted molar refractivity (Wildman–Crippen MR) is 93.5 cm³/mol. The van der Waals surface area contributed by atoms with Crippen molar-refractivity contribution in [2.45, 2.75) is 32.3 Å². The van der Waals surface area contributed by atoms with Crippen molar-refractivity contribution < 1.29 is 9.53 Å². The van der Waals surface area contributed by atoms with Crippen LogP contribution in [0.1, 0.15) is 35.4 Å². The van der Waals surface area contributed by atoms with Gasteiger partial charge >= 0.3 is 6.03 Å². The molecule has 8 nitrogen and oxygen atoms in total. The van der Waals surface area contributed by atoms with Crippen molar-refractivity contribution in [3.05, 3.63) is 47.2 Å². The van der Waals surface area contributed by atoms with E-state index in [1.54, 1.807) is 12.3 Å². The Bertz CT molecular complexity index is 775. The Kier molecular flexibility index (Phi) is 4.82. The number of rotatable bonds is 5. The zero-order chi connectivity index (χ0) is 18.0. The lowest BCUT2D eigenvalue weighted by Crippen LogP contribution is -2.49. The molecule has 0 aliphatic heterocycles. The fraction of sp³-hybridized carbons (Fsp3) is 0.353. The van der Waals surface area contributed by atoms with E-state index in [1.807, 2.05) is 25.1 Å². The molecule has 1 aromatic heterocycles. The average Bonchev–Trinajstić information content (AvgIpc) is 3.43. The van der Waals surface area contributed by atoms with Crippen LogP contribution in [-0.2, 0) is 6.61 Å². The quantitative estimate of drug-likeness (QED) is 0.487. The third-order valence-corrected chi connectivity index (χ3v) is 4.11. The molecule has 1 aliphatic carbocycles. The van der Waals surface area contributed by atoms with Crippen LogP contribution in [-0.4, -0.2) is 28.3 Å². The third-order valence-electron chi connectivity index (χ3n) is 4.11. The second-order valence-corrected chi connectivity index (χ2v) is 6.24. The number of benzene rings is 1. The Morgan fingerprint density at radius 1 is 1.36 bits per heavy atom. The van der Waals surface area contributed by atoms with Crippen molar-refractivity contribution in [1.82, 2.24) is 15.2 Å². The molecule has 1 aromatic carbocycles. The van der Waals surface area contributed by atoms with Crippen LogP contribution >= 0.6 is 0 Å². The van der Waals surface area contributed by atoms with Gasteiger partial charge in [0.2, 0.25) is 5.88 Å². The van der Waals surface area contributed by atoms with Gasteiger partial charge in [-0.3, -0.25) is 5.01 Å². The molecule has 0 unspecified atom stereocenters. The minimum atomic E-state index is -0.510. The number of anilines is 1. The minimum absolute atomic E-state index is 0.245. The number of nitrogens with zero attached hydrogens (tertiary/aromatic N) is 4. The highest BCUT2D eigenvalue weighted by Crippen LogP contribution is 2.43. The van der Waals surface area contributed by atoms with Crippen molar-refractivity contribution in [3.63, 3.8) is 0 Å². The number of ether oxygens (including phenoxy) is 1. The Morgan fingerprint density at radius 2 is 2.12 bits per heavy atom. The van der Waals surface area contributed by atoms with E-state index in [9.17, 15) is 4.79 Å². The topological polar surface area (TPSA) is 111 Å². The summed E-state index contributed by atoms with van der Waals surface area (Å²) in [6.45, 7) is 2.16. The van der Waals surface area contributed by atoms with E-state index in [-0.39, 0.29) is 6.61 Å². The summed E-state index contributed by atoms with van der Waals surface area (Å²) in [5.41, 5.74) is 3.54. The summed E-state index contributed by atoms with van der Waals surface area (Å²) in [5, 5.41) is 9.85. The molecule has 2 aromatic rings. The van der Waals surface area contributed by atoms with Crippen LogP contribution in [0.25, 0.3) is 0 Å². The molecule has 1 aliphatic rings. The zero-order valence-electron chi connectivity index (χ0n) is 14.3. The van der Waals surface area contributed by atoms with E-state index < -0.39 is 6.03 Å². The molecule has 0 atom stereocenters. The number of hydrogen-bond donors (Lipinski definition) is 2. The molecule has 25 heavy (non-hydrogen) atoms. The maximum atomic E-state index is 12.1. The van der Waals surface area contributed by atoms with Gasteiger partial charge < -0.3 is 4.74 Å². The number of hydrazine groups is 2. The second-order valence-electron chi connectivity index (χ2n) is 6.24. The lowest BCUT2D eigenvalue weighted by atomic mass is 10.0. The van der Waals surface area contributed by atoms with Crippen molar-refractivity contribution in [3.8, 4) is 5.88 Å². The van der Waals surface area contributed by atoms with Gasteiger partial charge in [0.05, 0.1) is 11.9 Å². The van der Waals surface area contributed by atoms with Gasteiger partial charge in [-0.1, -0.05) is 12.1 Å². The highest BCUT2D eigenvalue weighted by molar-refractivity contribution is 5.91. The Hall–Kier alpha value is -2.71. The highest BCUT2D eigenvalue weighted by Gasteiger charge is 2.29. The molecule has 0 saturated heterocycles. The summed E-state index contributed by atoms with van der Waals surface area (Å²) in [6, 6.07) is 7.03. The van der Waals surface area contributed by atoms with Gasteiger partial charge in [-0.2, -0.15) is 5.10 Å². The van der Waals surface area contributed by atoms with Gasteiger partial charge in [0.25, 0.3) is 0 Å². The Labute approximate surface area is 146 Å². The van der Waals surface area contributed by atoms with E-state index in [1.165, 1.54) is 7.05 Å². The number of nitrogens with two attached hydrogens (primary N) is 2. The maximum absolute atomic E-state index is 12.1. The first-order chi connectivity index (χ1) is 12.0. The summed E-state index contributed by atoms with van der Waals surface area (Å²) in [4.78, 5) is 12.1. The van der Waals surface area contributed by atoms with E-state index in [2.05, 4.69) is 10.2 Å². The van der Waals surface area contributed by atoms with Gasteiger partial charge in [-0.25, -0.2) is 21.5 Å². The zero-order valence-corrected chi connectivity index (χ0v) is 14.3. The van der Waals surface area contributed by atoms with Crippen molar-refractivity contribution in [2.24, 2.45) is 11.7 Å². The monoisotopic (exact) mass is 342 g/mol. The SMILES string of the molecule is Cc1cnnc(OCc2c(C3CC3)cccc2N(N)C(=O)N(C)N)c1. The Balaban J connectivity index is 1.90. The molecule has 0 bridgehead atoms. The molecule has 2 amide bonds. The molecule has 0 spiro atoms. The predicted octanol–water partition coefficient (Wildman–Crippen LogP) is 1.85. The van der Waals surface area contributed by atoms with Crippen LogP contribution in [0.15, 0.2) is 30.5 Å². The first-order valence-corrected chi connectivity index (χ1v) is 8.08. The summed E-state index contributed by atoms with van der Waals surface area (Å²) in [5.74, 6) is 12.4. The molecule has 1 heterocycles. The molecule has 4 N–H and O–H groups in total. The number of aromatic nitrogens is 2. The van der Waals surface area contributed by atoms with Crippen LogP contribution in [0, 0.1) is 6.92 Å². The highest BCUT2D eigenvalue weighted by atomic mass is 16.5. The summed E-state index contributed by atoms with van der Waals surface area (Å²) >= 11 is 0. The maximum Gasteiger partial charge on any atom is 0.352 e. The van der Waals surface area contributed by atoms with Gasteiger partial charge in [0.15, 0.2) is 0 Å². The van der Waals surface area contributed by atoms with Gasteiger partial charge in [0, 0.05) is 18.7 Å². The third kappa shape index (κ3) is 3.86. The molecular formula is C17H22N6O2. The van der Waals surface area contributed by atoms with Crippen LogP contribution in [0.3, 0.4) is 0 Å². The first-order valence-electron chi connectivity index (χ1n) is 8.08. The first kappa shape index (κ1) is 17.1. The number of carbonyl (C=O) groups excluding carboxylic acids is 1. The number of carbonyl (C=O) groups is 1. The van der Waals surface area contributed by atoms with E-state index in [4.69, 9.17) is 16.4 Å². The van der Waals surface area contributed by atoms with Crippen LogP contribution in [0.5, 0.6) is 5.88 Å². The fourth-order valence-corrected chi connectivity index (χ4v) is 2.68. The van der Waals surface area contributed by atoms with Gasteiger partial charge in [0.1, 0.15) is 6.61 Å². The summed E-state index contributed by atoms with van der Waals surface area (Å²) in [7, 11) is 1.45. The number of amides is 2. The van der Waals surface area contributed by atoms with Crippen molar-refractivity contribution >= 4 is 11.7 Å². The largest absolute Gasteiger partial charge is 0.472 e. The molecular weight excluding hydrogens is 320 g/mol. The smallest absolute Gasteiger partial charge is 0.352 e. The molecule has 132 valence electrons. The number of aryl methyl sites for hydroxylation is 1. The molecule has 3 rings (SSSR count). The molecule has 0 radical (unpaired) electrons. The van der Waals surface area contributed by atoms with Crippen molar-refractivity contribution in [2.75, 3.05) is 12.1 Å². The van der Waals surface area contributed by atoms with E-state index in [0.29, 0.717) is 17.5 Å². The standard InChI is InChI=1S/C17H22N6O2/c1-11-8-16(21-20-9-11)25-10-14-13(12-6-7-12)4-3-5-15(14)23(19)17(24)22(2)18/h3-5,8-9,12H,6-7,10,18-19H2,1-2H3. The van der Waals surface area contributed by atoms with Gasteiger partial charge in [-0.05, 0) is 42.9 Å². The van der Waals surface area contributed by atoms with E-state index in [0.717, 1.165) is 39.5 Å². The second kappa shape index (κ2) is 7.04. The van der Waals surface area contributed by atoms with Crippen LogP contribution in [0.4, 0.5) is 10.5 Å². The average molecular weight is 342 g/mol. The fourth-order valence-electron chi connectivity index (χ4n) is 2.68. The number of hydrogen-bond acceptors (Lipinski definition) is 6. The Morgan fingerprint density at radius 3 is 2.76 bits per heavy atom. The van der Waals surface area contributed by atoms with Crippen molar-refractivity contribution in [1.29, 1.82) is 0 Å². The van der Waals surface area contributed by atoms with Gasteiger partial charge in [-0.15, -0.1) is 5.10 Å². The van der Waals surface area contributed by atoms with Crippen LogP contribution in [0.2, 0.25) is 0 Å². The summed E-state index contributed by atoms with van der Waals surface area (Å²) in [6.07, 6.45) is 3.90. The molecule has 1 fully saturated rings. The van der Waals surface area contributed by atoms with Crippen LogP contribution < -0.4 is 21.4 Å².